The monoisotopic (exact) mass is 478 g/mol. The zero-order valence-electron chi connectivity index (χ0n) is 13.8. The largest absolute Gasteiger partial charge is 0.487 e. The molecule has 132 valence electrons. The Hall–Kier alpha value is -2.12. The van der Waals surface area contributed by atoms with Crippen LogP contribution in [0, 0.1) is 3.57 Å². The number of hydrogen-bond acceptors (Lipinski definition) is 3. The highest BCUT2D eigenvalue weighted by molar-refractivity contribution is 14.1. The SMILES string of the molecule is O=C(NCc1ccc(OCc2ccccn2)cc1)c1ccc(Cl)cc1I. The lowest BCUT2D eigenvalue weighted by molar-refractivity contribution is 0.0950. The average molecular weight is 479 g/mol. The van der Waals surface area contributed by atoms with Gasteiger partial charge in [0, 0.05) is 21.3 Å². The van der Waals surface area contributed by atoms with Gasteiger partial charge in [-0.3, -0.25) is 9.78 Å². The van der Waals surface area contributed by atoms with E-state index >= 15 is 0 Å². The number of pyridine rings is 1. The molecule has 0 saturated heterocycles. The fourth-order valence-electron chi connectivity index (χ4n) is 2.30. The van der Waals surface area contributed by atoms with Gasteiger partial charge >= 0.3 is 0 Å². The Morgan fingerprint density at radius 2 is 1.92 bits per heavy atom. The molecule has 1 heterocycles. The quantitative estimate of drug-likeness (QED) is 0.516. The second-order valence-corrected chi connectivity index (χ2v) is 7.16. The summed E-state index contributed by atoms with van der Waals surface area (Å²) in [6.07, 6.45) is 1.74. The molecule has 1 aromatic heterocycles. The number of amides is 1. The molecule has 6 heteroatoms. The predicted octanol–water partition coefficient (Wildman–Crippen LogP) is 4.85. The van der Waals surface area contributed by atoms with Gasteiger partial charge in [0.15, 0.2) is 0 Å². The third-order valence-corrected chi connectivity index (χ3v) is 4.79. The Kier molecular flexibility index (Phi) is 6.46. The van der Waals surface area contributed by atoms with Crippen molar-refractivity contribution in [2.45, 2.75) is 13.2 Å². The van der Waals surface area contributed by atoms with Crippen LogP contribution in [-0.2, 0) is 13.2 Å². The molecule has 26 heavy (non-hydrogen) atoms. The maximum absolute atomic E-state index is 12.3. The molecule has 4 nitrogen and oxygen atoms in total. The minimum Gasteiger partial charge on any atom is -0.487 e. The van der Waals surface area contributed by atoms with Crippen molar-refractivity contribution in [2.24, 2.45) is 0 Å². The Morgan fingerprint density at radius 3 is 2.62 bits per heavy atom. The first kappa shape index (κ1) is 18.7. The Labute approximate surface area is 170 Å². The summed E-state index contributed by atoms with van der Waals surface area (Å²) in [6.45, 7) is 0.865. The number of ether oxygens (including phenoxy) is 1. The predicted molar refractivity (Wildman–Crippen MR) is 110 cm³/mol. The summed E-state index contributed by atoms with van der Waals surface area (Å²) in [5, 5.41) is 3.53. The van der Waals surface area contributed by atoms with Crippen LogP contribution in [0.25, 0.3) is 0 Å². The smallest absolute Gasteiger partial charge is 0.252 e. The van der Waals surface area contributed by atoms with Crippen molar-refractivity contribution in [1.29, 1.82) is 0 Å². The lowest BCUT2D eigenvalue weighted by Gasteiger charge is -2.09. The van der Waals surface area contributed by atoms with Crippen LogP contribution in [0.3, 0.4) is 0 Å². The van der Waals surface area contributed by atoms with Crippen LogP contribution in [0.1, 0.15) is 21.6 Å². The Bertz CT molecular complexity index is 886. The first-order valence-electron chi connectivity index (χ1n) is 7.97. The number of aromatic nitrogens is 1. The molecule has 0 fully saturated rings. The number of hydrogen-bond donors (Lipinski definition) is 1. The van der Waals surface area contributed by atoms with Gasteiger partial charge in [0.1, 0.15) is 12.4 Å². The van der Waals surface area contributed by atoms with E-state index in [2.05, 4.69) is 32.9 Å². The van der Waals surface area contributed by atoms with Crippen molar-refractivity contribution in [3.63, 3.8) is 0 Å². The summed E-state index contributed by atoms with van der Waals surface area (Å²) < 4.78 is 6.53. The highest BCUT2D eigenvalue weighted by atomic mass is 127. The summed E-state index contributed by atoms with van der Waals surface area (Å²) in [7, 11) is 0. The minimum atomic E-state index is -0.124. The molecule has 0 atom stereocenters. The molecule has 0 saturated carbocycles. The van der Waals surface area contributed by atoms with E-state index in [9.17, 15) is 4.79 Å². The van der Waals surface area contributed by atoms with E-state index in [-0.39, 0.29) is 5.91 Å². The molecule has 0 radical (unpaired) electrons. The van der Waals surface area contributed by atoms with E-state index < -0.39 is 0 Å². The summed E-state index contributed by atoms with van der Waals surface area (Å²) >= 11 is 8.03. The number of carbonyl (C=O) groups is 1. The Balaban J connectivity index is 1.53. The first-order valence-corrected chi connectivity index (χ1v) is 9.42. The van der Waals surface area contributed by atoms with Crippen LogP contribution < -0.4 is 10.1 Å². The molecule has 0 spiro atoms. The van der Waals surface area contributed by atoms with E-state index in [1.807, 2.05) is 42.5 Å². The molecule has 3 rings (SSSR count). The lowest BCUT2D eigenvalue weighted by atomic mass is 10.2. The van der Waals surface area contributed by atoms with Crippen LogP contribution in [0.2, 0.25) is 5.02 Å². The van der Waals surface area contributed by atoms with Gasteiger partial charge < -0.3 is 10.1 Å². The summed E-state index contributed by atoms with van der Waals surface area (Å²) in [5.74, 6) is 0.638. The first-order chi connectivity index (χ1) is 12.6. The molecule has 0 aliphatic carbocycles. The number of nitrogens with zero attached hydrogens (tertiary/aromatic N) is 1. The van der Waals surface area contributed by atoms with Gasteiger partial charge in [0.05, 0.1) is 11.3 Å². The third-order valence-electron chi connectivity index (χ3n) is 3.67. The van der Waals surface area contributed by atoms with Crippen molar-refractivity contribution in [1.82, 2.24) is 10.3 Å². The van der Waals surface area contributed by atoms with Crippen LogP contribution in [-0.4, -0.2) is 10.9 Å². The molecule has 0 bridgehead atoms. The van der Waals surface area contributed by atoms with Gasteiger partial charge in [-0.1, -0.05) is 29.8 Å². The second kappa shape index (κ2) is 9.00. The van der Waals surface area contributed by atoms with Gasteiger partial charge in [0.25, 0.3) is 5.91 Å². The third kappa shape index (κ3) is 5.19. The topological polar surface area (TPSA) is 51.2 Å². The zero-order chi connectivity index (χ0) is 18.4. The zero-order valence-corrected chi connectivity index (χ0v) is 16.7. The Morgan fingerprint density at radius 1 is 1.12 bits per heavy atom. The van der Waals surface area contributed by atoms with Gasteiger partial charge in [0.2, 0.25) is 0 Å². The number of benzene rings is 2. The van der Waals surface area contributed by atoms with E-state index in [1.54, 1.807) is 24.4 Å². The van der Waals surface area contributed by atoms with Crippen molar-refractivity contribution < 1.29 is 9.53 Å². The van der Waals surface area contributed by atoms with Gasteiger partial charge in [-0.2, -0.15) is 0 Å². The van der Waals surface area contributed by atoms with E-state index in [0.29, 0.717) is 23.7 Å². The normalized spacial score (nSPS) is 10.4. The molecule has 2 aromatic carbocycles. The van der Waals surface area contributed by atoms with Gasteiger partial charge in [-0.25, -0.2) is 0 Å². The summed E-state index contributed by atoms with van der Waals surface area (Å²) in [4.78, 5) is 16.5. The van der Waals surface area contributed by atoms with Crippen LogP contribution >= 0.6 is 34.2 Å². The number of rotatable bonds is 6. The lowest BCUT2D eigenvalue weighted by Crippen LogP contribution is -2.23. The van der Waals surface area contributed by atoms with Crippen LogP contribution in [0.5, 0.6) is 5.75 Å². The standard InChI is InChI=1S/C20H16ClIN2O2/c21-15-6-9-18(19(22)11-15)20(25)24-12-14-4-7-17(8-5-14)26-13-16-3-1-2-10-23-16/h1-11H,12-13H2,(H,24,25). The highest BCUT2D eigenvalue weighted by Gasteiger charge is 2.10. The molecule has 1 N–H and O–H groups in total. The average Bonchev–Trinajstić information content (AvgIpc) is 2.66. The summed E-state index contributed by atoms with van der Waals surface area (Å²) in [5.41, 5.74) is 2.49. The fraction of sp³-hybridized carbons (Fsp3) is 0.100. The number of halogens is 2. The van der Waals surface area contributed by atoms with Crippen molar-refractivity contribution >= 4 is 40.1 Å². The van der Waals surface area contributed by atoms with E-state index in [1.165, 1.54) is 0 Å². The van der Waals surface area contributed by atoms with Crippen molar-refractivity contribution in [2.75, 3.05) is 0 Å². The molecular formula is C20H16ClIN2O2. The van der Waals surface area contributed by atoms with Crippen molar-refractivity contribution in [3.8, 4) is 5.75 Å². The second-order valence-electron chi connectivity index (χ2n) is 5.56. The van der Waals surface area contributed by atoms with E-state index in [4.69, 9.17) is 16.3 Å². The molecule has 0 unspecified atom stereocenters. The highest BCUT2D eigenvalue weighted by Crippen LogP contribution is 2.18. The number of carbonyl (C=O) groups excluding carboxylic acids is 1. The molecule has 3 aromatic rings. The minimum absolute atomic E-state index is 0.124. The molecule has 0 aliphatic rings. The molecule has 1 amide bonds. The molecular weight excluding hydrogens is 463 g/mol. The maximum atomic E-state index is 12.3. The fourth-order valence-corrected chi connectivity index (χ4v) is 3.41. The van der Waals surface area contributed by atoms with Crippen LogP contribution in [0.15, 0.2) is 66.9 Å². The van der Waals surface area contributed by atoms with Gasteiger partial charge in [-0.15, -0.1) is 0 Å². The van der Waals surface area contributed by atoms with Gasteiger partial charge in [-0.05, 0) is 70.6 Å². The number of nitrogens with one attached hydrogen (secondary N) is 1. The van der Waals surface area contributed by atoms with E-state index in [0.717, 1.165) is 20.6 Å². The van der Waals surface area contributed by atoms with Crippen LogP contribution in [0.4, 0.5) is 0 Å². The maximum Gasteiger partial charge on any atom is 0.252 e. The van der Waals surface area contributed by atoms with Crippen molar-refractivity contribution in [3.05, 3.63) is 92.3 Å². The molecule has 0 aliphatic heterocycles. The summed E-state index contributed by atoms with van der Waals surface area (Å²) in [6, 6.07) is 18.6.